The van der Waals surface area contributed by atoms with Gasteiger partial charge in [0.25, 0.3) is 0 Å². The third kappa shape index (κ3) is 3.18. The van der Waals surface area contributed by atoms with Crippen LogP contribution >= 0.6 is 0 Å². The third-order valence-corrected chi connectivity index (χ3v) is 4.04. The normalized spacial score (nSPS) is 34.8. The van der Waals surface area contributed by atoms with Crippen LogP contribution in [-0.2, 0) is 0 Å². The molecule has 0 aromatic carbocycles. The molecule has 0 heterocycles. The Balaban J connectivity index is 1.84. The van der Waals surface area contributed by atoms with Crippen molar-refractivity contribution < 1.29 is 5.11 Å². The molecule has 3 atom stereocenters. The monoisotopic (exact) mass is 211 g/mol. The van der Waals surface area contributed by atoms with Crippen molar-refractivity contribution in [1.82, 2.24) is 5.32 Å². The molecule has 0 radical (unpaired) electrons. The van der Waals surface area contributed by atoms with Crippen molar-refractivity contribution in [2.75, 3.05) is 0 Å². The van der Waals surface area contributed by atoms with E-state index in [0.29, 0.717) is 12.1 Å². The molecule has 0 amide bonds. The minimum absolute atomic E-state index is 0.0969. The van der Waals surface area contributed by atoms with Crippen LogP contribution in [0.4, 0.5) is 0 Å². The molecule has 2 aliphatic carbocycles. The first kappa shape index (κ1) is 11.4. The van der Waals surface area contributed by atoms with Crippen molar-refractivity contribution >= 4 is 0 Å². The number of hydrogen-bond donors (Lipinski definition) is 2. The second kappa shape index (κ2) is 5.31. The van der Waals surface area contributed by atoms with Crippen LogP contribution in [0.25, 0.3) is 0 Å². The molecular formula is C13H25NO. The molecular weight excluding hydrogens is 186 g/mol. The van der Waals surface area contributed by atoms with Crippen molar-refractivity contribution in [2.45, 2.75) is 76.5 Å². The third-order valence-electron chi connectivity index (χ3n) is 4.04. The van der Waals surface area contributed by atoms with Gasteiger partial charge in [-0.1, -0.05) is 26.2 Å². The van der Waals surface area contributed by atoms with E-state index in [1.54, 1.807) is 0 Å². The van der Waals surface area contributed by atoms with Gasteiger partial charge in [-0.15, -0.1) is 0 Å². The Morgan fingerprint density at radius 3 is 2.53 bits per heavy atom. The zero-order valence-corrected chi connectivity index (χ0v) is 9.91. The average molecular weight is 211 g/mol. The molecule has 2 rings (SSSR count). The summed E-state index contributed by atoms with van der Waals surface area (Å²) in [5.74, 6) is 0.908. The van der Waals surface area contributed by atoms with Gasteiger partial charge in [0.1, 0.15) is 0 Å². The van der Waals surface area contributed by atoms with Crippen molar-refractivity contribution in [3.8, 4) is 0 Å². The SMILES string of the molecule is CCC(NC1CCCCCC1O)C1CC1. The van der Waals surface area contributed by atoms with E-state index in [1.807, 2.05) is 0 Å². The number of rotatable bonds is 4. The largest absolute Gasteiger partial charge is 0.392 e. The highest BCUT2D eigenvalue weighted by atomic mass is 16.3. The molecule has 2 N–H and O–H groups in total. The van der Waals surface area contributed by atoms with Gasteiger partial charge in [0.2, 0.25) is 0 Å². The molecule has 0 saturated heterocycles. The molecule has 0 aromatic heterocycles. The zero-order valence-electron chi connectivity index (χ0n) is 9.91. The van der Waals surface area contributed by atoms with Crippen LogP contribution < -0.4 is 5.32 Å². The molecule has 2 saturated carbocycles. The molecule has 0 bridgehead atoms. The van der Waals surface area contributed by atoms with Crippen LogP contribution in [0.3, 0.4) is 0 Å². The minimum Gasteiger partial charge on any atom is -0.392 e. The van der Waals surface area contributed by atoms with Crippen molar-refractivity contribution in [1.29, 1.82) is 0 Å². The van der Waals surface area contributed by atoms with Crippen LogP contribution in [0.15, 0.2) is 0 Å². The van der Waals surface area contributed by atoms with E-state index in [9.17, 15) is 5.11 Å². The van der Waals surface area contributed by atoms with E-state index in [-0.39, 0.29) is 6.10 Å². The summed E-state index contributed by atoms with van der Waals surface area (Å²) in [6.07, 6.45) is 9.88. The highest BCUT2D eigenvalue weighted by Gasteiger charge is 2.32. The average Bonchev–Trinajstić information content (AvgIpc) is 3.04. The van der Waals surface area contributed by atoms with Gasteiger partial charge in [-0.05, 0) is 38.0 Å². The molecule has 2 heteroatoms. The number of aliphatic hydroxyl groups excluding tert-OH is 1. The summed E-state index contributed by atoms with van der Waals surface area (Å²) in [7, 11) is 0. The van der Waals surface area contributed by atoms with E-state index in [4.69, 9.17) is 0 Å². The zero-order chi connectivity index (χ0) is 10.7. The van der Waals surface area contributed by atoms with Crippen LogP contribution in [0.1, 0.15) is 58.3 Å². The van der Waals surface area contributed by atoms with E-state index in [1.165, 1.54) is 44.9 Å². The molecule has 15 heavy (non-hydrogen) atoms. The first-order chi connectivity index (χ1) is 7.31. The molecule has 0 aliphatic heterocycles. The fourth-order valence-electron chi connectivity index (χ4n) is 2.84. The first-order valence-corrected chi connectivity index (χ1v) is 6.75. The van der Waals surface area contributed by atoms with Crippen molar-refractivity contribution in [3.05, 3.63) is 0 Å². The van der Waals surface area contributed by atoms with Crippen molar-refractivity contribution in [3.63, 3.8) is 0 Å². The summed E-state index contributed by atoms with van der Waals surface area (Å²) >= 11 is 0. The fourth-order valence-corrected chi connectivity index (χ4v) is 2.84. The van der Waals surface area contributed by atoms with Gasteiger partial charge in [-0.2, -0.15) is 0 Å². The van der Waals surface area contributed by atoms with Gasteiger partial charge in [0.15, 0.2) is 0 Å². The van der Waals surface area contributed by atoms with Gasteiger partial charge in [-0.3, -0.25) is 0 Å². The second-order valence-electron chi connectivity index (χ2n) is 5.33. The van der Waals surface area contributed by atoms with Gasteiger partial charge >= 0.3 is 0 Å². The highest BCUT2D eigenvalue weighted by molar-refractivity contribution is 4.90. The summed E-state index contributed by atoms with van der Waals surface area (Å²) in [6.45, 7) is 2.26. The summed E-state index contributed by atoms with van der Waals surface area (Å²) in [5, 5.41) is 13.7. The summed E-state index contributed by atoms with van der Waals surface area (Å²) in [6, 6.07) is 1.04. The van der Waals surface area contributed by atoms with Gasteiger partial charge < -0.3 is 10.4 Å². The van der Waals surface area contributed by atoms with Crippen LogP contribution in [0.2, 0.25) is 0 Å². The quantitative estimate of drug-likeness (QED) is 0.700. The molecule has 88 valence electrons. The highest BCUT2D eigenvalue weighted by Crippen LogP contribution is 2.34. The Bertz CT molecular complexity index is 191. The number of nitrogens with one attached hydrogen (secondary N) is 1. The standard InChI is InChI=1S/C13H25NO/c1-2-11(10-8-9-10)14-12-6-4-3-5-7-13(12)15/h10-15H,2-9H2,1H3. The summed E-state index contributed by atoms with van der Waals surface area (Å²) < 4.78 is 0. The molecule has 0 spiro atoms. The molecule has 2 fully saturated rings. The lowest BCUT2D eigenvalue weighted by Crippen LogP contribution is -2.45. The van der Waals surface area contributed by atoms with Gasteiger partial charge in [-0.25, -0.2) is 0 Å². The van der Waals surface area contributed by atoms with Crippen molar-refractivity contribution in [2.24, 2.45) is 5.92 Å². The minimum atomic E-state index is -0.0969. The Labute approximate surface area is 93.5 Å². The number of aliphatic hydroxyl groups is 1. The number of hydrogen-bond acceptors (Lipinski definition) is 2. The molecule has 2 aliphatic rings. The smallest absolute Gasteiger partial charge is 0.0693 e. The Morgan fingerprint density at radius 2 is 1.87 bits per heavy atom. The second-order valence-corrected chi connectivity index (χ2v) is 5.33. The summed E-state index contributed by atoms with van der Waals surface area (Å²) in [4.78, 5) is 0. The van der Waals surface area contributed by atoms with E-state index in [2.05, 4.69) is 12.2 Å². The van der Waals surface area contributed by atoms with Crippen LogP contribution in [0, 0.1) is 5.92 Å². The lowest BCUT2D eigenvalue weighted by molar-refractivity contribution is 0.111. The van der Waals surface area contributed by atoms with E-state index >= 15 is 0 Å². The Morgan fingerprint density at radius 1 is 1.13 bits per heavy atom. The van der Waals surface area contributed by atoms with E-state index < -0.39 is 0 Å². The predicted molar refractivity (Wildman–Crippen MR) is 62.8 cm³/mol. The lowest BCUT2D eigenvalue weighted by atomic mass is 10.0. The lowest BCUT2D eigenvalue weighted by Gasteiger charge is -2.27. The van der Waals surface area contributed by atoms with Gasteiger partial charge in [0, 0.05) is 12.1 Å². The Hall–Kier alpha value is -0.0800. The van der Waals surface area contributed by atoms with Crippen LogP contribution in [0.5, 0.6) is 0 Å². The maximum absolute atomic E-state index is 10.0. The van der Waals surface area contributed by atoms with Crippen LogP contribution in [-0.4, -0.2) is 23.3 Å². The summed E-state index contributed by atoms with van der Waals surface area (Å²) in [5.41, 5.74) is 0. The molecule has 2 nitrogen and oxygen atoms in total. The predicted octanol–water partition coefficient (Wildman–Crippen LogP) is 2.46. The molecule has 3 unspecified atom stereocenters. The van der Waals surface area contributed by atoms with E-state index in [0.717, 1.165) is 12.3 Å². The topological polar surface area (TPSA) is 32.3 Å². The maximum atomic E-state index is 10.0. The fraction of sp³-hybridized carbons (Fsp3) is 1.00. The Kier molecular flexibility index (Phi) is 4.04. The van der Waals surface area contributed by atoms with Gasteiger partial charge in [0.05, 0.1) is 6.10 Å². The maximum Gasteiger partial charge on any atom is 0.0693 e. The first-order valence-electron chi connectivity index (χ1n) is 6.75. The molecule has 0 aromatic rings.